The molecule has 2 aromatic carbocycles. The molecule has 1 fully saturated rings. The minimum atomic E-state index is 0.580. The van der Waals surface area contributed by atoms with E-state index in [4.69, 9.17) is 14.5 Å². The number of nitrogens with one attached hydrogen (secondary N) is 2. The zero-order valence-corrected chi connectivity index (χ0v) is 17.6. The van der Waals surface area contributed by atoms with Crippen molar-refractivity contribution in [2.24, 2.45) is 10.9 Å². The molecule has 0 aromatic heterocycles. The van der Waals surface area contributed by atoms with Crippen LogP contribution in [-0.4, -0.2) is 46.4 Å². The zero-order valence-electron chi connectivity index (χ0n) is 17.6. The molecule has 0 spiro atoms. The molecule has 1 aliphatic heterocycles. The molecule has 2 N–H and O–H groups in total. The van der Waals surface area contributed by atoms with Gasteiger partial charge < -0.3 is 25.0 Å². The van der Waals surface area contributed by atoms with Crippen LogP contribution in [0.15, 0.2) is 53.5 Å². The molecule has 6 nitrogen and oxygen atoms in total. The second-order valence-electron chi connectivity index (χ2n) is 7.19. The molecule has 0 saturated carbocycles. The third-order valence-electron chi connectivity index (χ3n) is 5.21. The zero-order chi connectivity index (χ0) is 20.5. The molecule has 0 aliphatic carbocycles. The number of ether oxygens (including phenoxy) is 2. The SMILES string of the molecule is CCNC(=NCc1ccccc1OC)NCC1CCN(c2cccc(OC)c2)C1. The Bertz CT molecular complexity index is 809. The van der Waals surface area contributed by atoms with Crippen LogP contribution in [0.5, 0.6) is 11.5 Å². The van der Waals surface area contributed by atoms with Crippen LogP contribution >= 0.6 is 0 Å². The van der Waals surface area contributed by atoms with Crippen molar-refractivity contribution in [1.82, 2.24) is 10.6 Å². The average Bonchev–Trinajstić information content (AvgIpc) is 3.25. The van der Waals surface area contributed by atoms with E-state index in [0.717, 1.165) is 55.6 Å². The normalized spacial score (nSPS) is 16.6. The van der Waals surface area contributed by atoms with E-state index >= 15 is 0 Å². The Kier molecular flexibility index (Phi) is 7.61. The van der Waals surface area contributed by atoms with Crippen molar-refractivity contribution in [3.05, 3.63) is 54.1 Å². The summed E-state index contributed by atoms with van der Waals surface area (Å²) < 4.78 is 10.8. The lowest BCUT2D eigenvalue weighted by molar-refractivity contribution is 0.410. The maximum absolute atomic E-state index is 5.42. The fourth-order valence-electron chi connectivity index (χ4n) is 3.62. The Morgan fingerprint density at radius 2 is 1.97 bits per heavy atom. The van der Waals surface area contributed by atoms with Crippen LogP contribution in [0, 0.1) is 5.92 Å². The molecule has 2 aromatic rings. The summed E-state index contributed by atoms with van der Waals surface area (Å²) in [6, 6.07) is 16.3. The summed E-state index contributed by atoms with van der Waals surface area (Å²) in [5, 5.41) is 6.85. The highest BCUT2D eigenvalue weighted by Gasteiger charge is 2.23. The molecule has 0 amide bonds. The quantitative estimate of drug-likeness (QED) is 0.530. The number of rotatable bonds is 8. The van der Waals surface area contributed by atoms with E-state index in [2.05, 4.69) is 40.7 Å². The fourth-order valence-corrected chi connectivity index (χ4v) is 3.62. The molecular formula is C23H32N4O2. The Balaban J connectivity index is 1.55. The number of methoxy groups -OCH3 is 2. The van der Waals surface area contributed by atoms with Gasteiger partial charge in [-0.15, -0.1) is 0 Å². The van der Waals surface area contributed by atoms with Gasteiger partial charge in [0.25, 0.3) is 0 Å². The highest BCUT2D eigenvalue weighted by molar-refractivity contribution is 5.79. The van der Waals surface area contributed by atoms with Crippen LogP contribution in [0.3, 0.4) is 0 Å². The predicted molar refractivity (Wildman–Crippen MR) is 119 cm³/mol. The molecule has 29 heavy (non-hydrogen) atoms. The lowest BCUT2D eigenvalue weighted by Gasteiger charge is -2.20. The second-order valence-corrected chi connectivity index (χ2v) is 7.19. The first kappa shape index (κ1) is 20.8. The minimum absolute atomic E-state index is 0.580. The summed E-state index contributed by atoms with van der Waals surface area (Å²) in [5.41, 5.74) is 2.31. The topological polar surface area (TPSA) is 58.1 Å². The van der Waals surface area contributed by atoms with Crippen LogP contribution in [-0.2, 0) is 6.54 Å². The maximum atomic E-state index is 5.42. The molecule has 1 saturated heterocycles. The van der Waals surface area contributed by atoms with Gasteiger partial charge in [0.05, 0.1) is 20.8 Å². The van der Waals surface area contributed by atoms with Gasteiger partial charge in [0.2, 0.25) is 0 Å². The van der Waals surface area contributed by atoms with Crippen LogP contribution in [0.25, 0.3) is 0 Å². The van der Waals surface area contributed by atoms with E-state index in [1.165, 1.54) is 5.69 Å². The lowest BCUT2D eigenvalue weighted by Crippen LogP contribution is -2.40. The van der Waals surface area contributed by atoms with Crippen molar-refractivity contribution >= 4 is 11.6 Å². The Labute approximate surface area is 173 Å². The molecule has 0 radical (unpaired) electrons. The van der Waals surface area contributed by atoms with Crippen molar-refractivity contribution in [3.63, 3.8) is 0 Å². The first-order valence-electron chi connectivity index (χ1n) is 10.3. The molecule has 6 heteroatoms. The van der Waals surface area contributed by atoms with Crippen molar-refractivity contribution in [1.29, 1.82) is 0 Å². The van der Waals surface area contributed by atoms with Gasteiger partial charge in [-0.1, -0.05) is 24.3 Å². The summed E-state index contributed by atoms with van der Waals surface area (Å²) in [6.45, 7) is 6.50. The number of hydrogen-bond acceptors (Lipinski definition) is 4. The first-order valence-corrected chi connectivity index (χ1v) is 10.3. The number of aliphatic imine (C=N–C) groups is 1. The number of anilines is 1. The minimum Gasteiger partial charge on any atom is -0.497 e. The molecule has 1 atom stereocenters. The third-order valence-corrected chi connectivity index (χ3v) is 5.21. The van der Waals surface area contributed by atoms with Crippen molar-refractivity contribution in [3.8, 4) is 11.5 Å². The Morgan fingerprint density at radius 3 is 2.76 bits per heavy atom. The van der Waals surface area contributed by atoms with E-state index in [1.807, 2.05) is 30.3 Å². The van der Waals surface area contributed by atoms with E-state index in [0.29, 0.717) is 12.5 Å². The number of nitrogens with zero attached hydrogens (tertiary/aromatic N) is 2. The van der Waals surface area contributed by atoms with Crippen LogP contribution in [0.1, 0.15) is 18.9 Å². The van der Waals surface area contributed by atoms with Crippen LogP contribution in [0.2, 0.25) is 0 Å². The standard InChI is InChI=1S/C23H32N4O2/c1-4-24-23(26-16-19-8-5-6-11-22(19)29-3)25-15-18-12-13-27(17-18)20-9-7-10-21(14-20)28-2/h5-11,14,18H,4,12-13,15-17H2,1-3H3,(H2,24,25,26). The van der Waals surface area contributed by atoms with Crippen molar-refractivity contribution < 1.29 is 9.47 Å². The summed E-state index contributed by atoms with van der Waals surface area (Å²) in [6.07, 6.45) is 1.16. The van der Waals surface area contributed by atoms with Gasteiger partial charge in [-0.25, -0.2) is 4.99 Å². The molecule has 3 rings (SSSR count). The average molecular weight is 397 g/mol. The van der Waals surface area contributed by atoms with E-state index < -0.39 is 0 Å². The van der Waals surface area contributed by atoms with Gasteiger partial charge >= 0.3 is 0 Å². The highest BCUT2D eigenvalue weighted by Crippen LogP contribution is 2.26. The van der Waals surface area contributed by atoms with Gasteiger partial charge in [-0.2, -0.15) is 0 Å². The van der Waals surface area contributed by atoms with E-state index in [-0.39, 0.29) is 0 Å². The summed E-state index contributed by atoms with van der Waals surface area (Å²) in [7, 11) is 3.41. The number of para-hydroxylation sites is 1. The third kappa shape index (κ3) is 5.79. The highest BCUT2D eigenvalue weighted by atomic mass is 16.5. The molecule has 156 valence electrons. The van der Waals surface area contributed by atoms with E-state index in [1.54, 1.807) is 14.2 Å². The van der Waals surface area contributed by atoms with Crippen LogP contribution < -0.4 is 25.0 Å². The second kappa shape index (κ2) is 10.6. The molecule has 0 bridgehead atoms. The number of hydrogen-bond donors (Lipinski definition) is 2. The monoisotopic (exact) mass is 396 g/mol. The van der Waals surface area contributed by atoms with Gasteiger partial charge in [-0.3, -0.25) is 0 Å². The first-order chi connectivity index (χ1) is 14.2. The van der Waals surface area contributed by atoms with Gasteiger partial charge in [0.15, 0.2) is 5.96 Å². The fraction of sp³-hybridized carbons (Fsp3) is 0.435. The summed E-state index contributed by atoms with van der Waals surface area (Å²) in [5.74, 6) is 3.20. The van der Waals surface area contributed by atoms with Crippen LogP contribution in [0.4, 0.5) is 5.69 Å². The predicted octanol–water partition coefficient (Wildman–Crippen LogP) is 3.29. The smallest absolute Gasteiger partial charge is 0.191 e. The molecule has 1 unspecified atom stereocenters. The number of guanidine groups is 1. The number of benzene rings is 2. The lowest BCUT2D eigenvalue weighted by atomic mass is 10.1. The Morgan fingerprint density at radius 1 is 1.10 bits per heavy atom. The van der Waals surface area contributed by atoms with E-state index in [9.17, 15) is 0 Å². The molecule has 1 heterocycles. The van der Waals surface area contributed by atoms with Gasteiger partial charge in [0.1, 0.15) is 11.5 Å². The molecular weight excluding hydrogens is 364 g/mol. The summed E-state index contributed by atoms with van der Waals surface area (Å²) >= 11 is 0. The summed E-state index contributed by atoms with van der Waals surface area (Å²) in [4.78, 5) is 7.16. The molecule has 1 aliphatic rings. The van der Waals surface area contributed by atoms with Crippen molar-refractivity contribution in [2.45, 2.75) is 19.9 Å². The van der Waals surface area contributed by atoms with Crippen molar-refractivity contribution in [2.75, 3.05) is 45.3 Å². The van der Waals surface area contributed by atoms with Gasteiger partial charge in [-0.05, 0) is 37.5 Å². The van der Waals surface area contributed by atoms with Gasteiger partial charge in [0, 0.05) is 43.5 Å². The largest absolute Gasteiger partial charge is 0.497 e. The maximum Gasteiger partial charge on any atom is 0.191 e. The Hall–Kier alpha value is -2.89.